The fraction of sp³-hybridized carbons (Fsp3) is 0.167. The molecule has 0 saturated carbocycles. The molecule has 0 radical (unpaired) electrons. The Hall–Kier alpha value is -1.10. The van der Waals surface area contributed by atoms with Gasteiger partial charge >= 0.3 is 0 Å². The van der Waals surface area contributed by atoms with Crippen LogP contribution in [0.3, 0.4) is 0 Å². The third-order valence-corrected chi connectivity index (χ3v) is 3.07. The van der Waals surface area contributed by atoms with Crippen molar-refractivity contribution in [2.75, 3.05) is 0 Å². The molecule has 0 atom stereocenters. The van der Waals surface area contributed by atoms with Gasteiger partial charge in [0.1, 0.15) is 5.75 Å². The summed E-state index contributed by atoms with van der Waals surface area (Å²) in [5, 5.41) is 12.2. The molecule has 0 bridgehead atoms. The number of rotatable bonds is 4. The van der Waals surface area contributed by atoms with Crippen molar-refractivity contribution in [2.45, 2.75) is 13.1 Å². The lowest BCUT2D eigenvalue weighted by Crippen LogP contribution is -2.11. The van der Waals surface area contributed by atoms with Gasteiger partial charge in [-0.3, -0.25) is 0 Å². The molecule has 0 unspecified atom stereocenters. The van der Waals surface area contributed by atoms with Gasteiger partial charge in [-0.25, -0.2) is 0 Å². The van der Waals surface area contributed by atoms with Crippen LogP contribution in [0.2, 0.25) is 0 Å². The monoisotopic (exact) mass is 273 g/mol. The predicted octanol–water partition coefficient (Wildman–Crippen LogP) is 3.30. The highest BCUT2D eigenvalue weighted by atomic mass is 35.5. The van der Waals surface area contributed by atoms with Gasteiger partial charge < -0.3 is 10.4 Å². The molecule has 17 heavy (non-hydrogen) atoms. The molecule has 0 aliphatic carbocycles. The Balaban J connectivity index is 0.00000144. The van der Waals surface area contributed by atoms with Crippen LogP contribution >= 0.6 is 23.7 Å². The first-order valence-electron chi connectivity index (χ1n) is 4.97. The normalized spacial score (nSPS) is 9.94. The van der Waals surface area contributed by atoms with Crippen molar-refractivity contribution < 1.29 is 9.50 Å². The quantitative estimate of drug-likeness (QED) is 0.896. The maximum Gasteiger partial charge on any atom is 0.176 e. The zero-order chi connectivity index (χ0) is 11.4. The second kappa shape index (κ2) is 6.59. The molecule has 0 saturated heterocycles. The number of nitrogens with one attached hydrogen (secondary N) is 1. The van der Waals surface area contributed by atoms with Crippen molar-refractivity contribution in [1.82, 2.24) is 5.32 Å². The van der Waals surface area contributed by atoms with Gasteiger partial charge in [-0.15, -0.1) is 23.7 Å². The van der Waals surface area contributed by atoms with Crippen LogP contribution in [0.1, 0.15) is 10.4 Å². The van der Waals surface area contributed by atoms with E-state index < -0.39 is 0 Å². The highest BCUT2D eigenvalue weighted by molar-refractivity contribution is 7.10. The summed E-state index contributed by atoms with van der Waals surface area (Å²) in [6.07, 6.45) is 0. The Labute approximate surface area is 110 Å². The van der Waals surface area contributed by atoms with E-state index in [1.807, 2.05) is 12.1 Å². The van der Waals surface area contributed by atoms with E-state index in [9.17, 15) is 4.39 Å². The summed E-state index contributed by atoms with van der Waals surface area (Å²) in [6, 6.07) is 10.3. The molecule has 0 aliphatic heterocycles. The fourth-order valence-electron chi connectivity index (χ4n) is 1.39. The zero-order valence-electron chi connectivity index (χ0n) is 9.02. The van der Waals surface area contributed by atoms with Gasteiger partial charge in [0, 0.05) is 18.0 Å². The molecule has 1 heterocycles. The van der Waals surface area contributed by atoms with Crippen LogP contribution in [-0.2, 0) is 13.1 Å². The third-order valence-electron chi connectivity index (χ3n) is 2.19. The molecule has 1 aromatic heterocycles. The molecule has 2 N–H and O–H groups in total. The summed E-state index contributed by atoms with van der Waals surface area (Å²) in [6.45, 7) is 1.37. The van der Waals surface area contributed by atoms with Crippen molar-refractivity contribution in [3.05, 3.63) is 52.0 Å². The third kappa shape index (κ3) is 4.34. The molecule has 0 amide bonds. The average molecular weight is 274 g/mol. The molecule has 92 valence electrons. The molecule has 0 fully saturated rings. The van der Waals surface area contributed by atoms with Crippen molar-refractivity contribution in [2.24, 2.45) is 0 Å². The van der Waals surface area contributed by atoms with Gasteiger partial charge in [0.25, 0.3) is 0 Å². The minimum Gasteiger partial charge on any atom is -0.508 e. The lowest BCUT2D eigenvalue weighted by atomic mass is 10.2. The van der Waals surface area contributed by atoms with E-state index >= 15 is 0 Å². The largest absolute Gasteiger partial charge is 0.508 e. The zero-order valence-corrected chi connectivity index (χ0v) is 10.7. The van der Waals surface area contributed by atoms with Gasteiger partial charge in [-0.1, -0.05) is 12.1 Å². The van der Waals surface area contributed by atoms with E-state index in [1.165, 1.54) is 6.07 Å². The standard InChI is InChI=1S/C12H12FNOS.ClH/c13-12-6-5-11(16-12)8-14-7-9-1-3-10(15)4-2-9;/h1-6,14-15H,7-8H2;1H. The second-order valence-corrected chi connectivity index (χ2v) is 4.59. The molecule has 0 aliphatic rings. The van der Waals surface area contributed by atoms with Crippen LogP contribution in [0.15, 0.2) is 36.4 Å². The van der Waals surface area contributed by atoms with E-state index in [0.717, 1.165) is 21.8 Å². The lowest BCUT2D eigenvalue weighted by molar-refractivity contribution is 0.475. The number of hydrogen-bond acceptors (Lipinski definition) is 3. The first-order chi connectivity index (χ1) is 7.74. The summed E-state index contributed by atoms with van der Waals surface area (Å²) in [5.41, 5.74) is 1.09. The predicted molar refractivity (Wildman–Crippen MR) is 70.2 cm³/mol. The first-order valence-corrected chi connectivity index (χ1v) is 5.78. The van der Waals surface area contributed by atoms with Gasteiger partial charge in [-0.2, -0.15) is 4.39 Å². The van der Waals surface area contributed by atoms with Crippen molar-refractivity contribution >= 4 is 23.7 Å². The van der Waals surface area contributed by atoms with Crippen LogP contribution in [-0.4, -0.2) is 5.11 Å². The lowest BCUT2D eigenvalue weighted by Gasteiger charge is -2.03. The molecular weight excluding hydrogens is 261 g/mol. The Kier molecular flexibility index (Phi) is 5.41. The van der Waals surface area contributed by atoms with E-state index in [4.69, 9.17) is 5.11 Å². The number of hydrogen-bond donors (Lipinski definition) is 2. The van der Waals surface area contributed by atoms with Crippen LogP contribution in [0, 0.1) is 5.13 Å². The number of phenols is 1. The van der Waals surface area contributed by atoms with Crippen LogP contribution in [0.25, 0.3) is 0 Å². The SMILES string of the molecule is Cl.Oc1ccc(CNCc2ccc(F)s2)cc1. The first kappa shape index (κ1) is 14.0. The molecule has 2 rings (SSSR count). The maximum absolute atomic E-state index is 12.7. The Morgan fingerprint density at radius 2 is 1.76 bits per heavy atom. The molecule has 2 nitrogen and oxygen atoms in total. The van der Waals surface area contributed by atoms with E-state index in [-0.39, 0.29) is 23.3 Å². The van der Waals surface area contributed by atoms with Crippen molar-refractivity contribution in [3.8, 4) is 5.75 Å². The Morgan fingerprint density at radius 1 is 1.06 bits per heavy atom. The van der Waals surface area contributed by atoms with Crippen LogP contribution in [0.4, 0.5) is 4.39 Å². The summed E-state index contributed by atoms with van der Waals surface area (Å²) >= 11 is 1.16. The number of phenolic OH excluding ortho intramolecular Hbond substituents is 1. The van der Waals surface area contributed by atoms with E-state index in [0.29, 0.717) is 13.1 Å². The average Bonchev–Trinajstić information content (AvgIpc) is 2.67. The Bertz CT molecular complexity index is 458. The number of aromatic hydroxyl groups is 1. The molecule has 2 aromatic rings. The molecule has 5 heteroatoms. The highest BCUT2D eigenvalue weighted by Crippen LogP contribution is 2.14. The summed E-state index contributed by atoms with van der Waals surface area (Å²) in [7, 11) is 0. The molecule has 0 spiro atoms. The van der Waals surface area contributed by atoms with Gasteiger partial charge in [0.15, 0.2) is 5.13 Å². The van der Waals surface area contributed by atoms with Crippen LogP contribution < -0.4 is 5.32 Å². The summed E-state index contributed by atoms with van der Waals surface area (Å²) in [4.78, 5) is 0.983. The minimum absolute atomic E-state index is 0. The van der Waals surface area contributed by atoms with Gasteiger partial charge in [0.2, 0.25) is 0 Å². The number of thiophene rings is 1. The smallest absolute Gasteiger partial charge is 0.176 e. The molecule has 1 aromatic carbocycles. The Morgan fingerprint density at radius 3 is 2.35 bits per heavy atom. The van der Waals surface area contributed by atoms with E-state index in [1.54, 1.807) is 18.2 Å². The van der Waals surface area contributed by atoms with Crippen LogP contribution in [0.5, 0.6) is 5.75 Å². The number of halogens is 2. The number of benzene rings is 1. The maximum atomic E-state index is 12.7. The van der Waals surface area contributed by atoms with E-state index in [2.05, 4.69) is 5.32 Å². The topological polar surface area (TPSA) is 32.3 Å². The molecular formula is C12H13ClFNOS. The van der Waals surface area contributed by atoms with Crippen molar-refractivity contribution in [1.29, 1.82) is 0 Å². The van der Waals surface area contributed by atoms with Crippen molar-refractivity contribution in [3.63, 3.8) is 0 Å². The second-order valence-electron chi connectivity index (χ2n) is 3.48. The fourth-order valence-corrected chi connectivity index (χ4v) is 2.09. The van der Waals surface area contributed by atoms with Gasteiger partial charge in [-0.05, 0) is 29.8 Å². The minimum atomic E-state index is -0.151. The van der Waals surface area contributed by atoms with Gasteiger partial charge in [0.05, 0.1) is 0 Å². The summed E-state index contributed by atoms with van der Waals surface area (Å²) < 4.78 is 12.7. The summed E-state index contributed by atoms with van der Waals surface area (Å²) in [5.74, 6) is 0.268. The highest BCUT2D eigenvalue weighted by Gasteiger charge is 1.98.